The summed E-state index contributed by atoms with van der Waals surface area (Å²) in [5.74, 6) is -1.23. The molecule has 5 rings (SSSR count). The second-order valence-electron chi connectivity index (χ2n) is 10.4. The van der Waals surface area contributed by atoms with Crippen LogP contribution >= 0.6 is 11.3 Å². The molecule has 1 fully saturated rings. The number of anilines is 1. The molecular weight excluding hydrogens is 556 g/mol. The van der Waals surface area contributed by atoms with E-state index in [2.05, 4.69) is 11.9 Å². The number of aliphatic hydroxyl groups is 1. The maximum Gasteiger partial charge on any atom is 0.350 e. The van der Waals surface area contributed by atoms with Crippen LogP contribution in [-0.2, 0) is 20.7 Å². The fraction of sp³-hybridized carbons (Fsp3) is 0.375. The normalized spacial score (nSPS) is 19.1. The Labute approximate surface area is 248 Å². The number of thiazole rings is 1. The summed E-state index contributed by atoms with van der Waals surface area (Å²) >= 11 is 0.974. The first-order valence-electron chi connectivity index (χ1n) is 14.2. The van der Waals surface area contributed by atoms with Crippen molar-refractivity contribution in [1.29, 1.82) is 0 Å². The van der Waals surface area contributed by atoms with Crippen molar-refractivity contribution < 1.29 is 33.7 Å². The van der Waals surface area contributed by atoms with Gasteiger partial charge in [0.15, 0.2) is 5.13 Å². The van der Waals surface area contributed by atoms with Crippen LogP contribution in [-0.4, -0.2) is 47.1 Å². The molecule has 220 valence electrons. The number of carbonyl (C=O) groups is 3. The third-order valence-corrected chi connectivity index (χ3v) is 8.39. The summed E-state index contributed by atoms with van der Waals surface area (Å²) in [5.41, 5.74) is 2.20. The van der Waals surface area contributed by atoms with Crippen molar-refractivity contribution in [2.24, 2.45) is 0 Å². The molecule has 3 aromatic rings. The number of hydrogen-bond acceptors (Lipinski definition) is 9. The molecule has 0 spiro atoms. The van der Waals surface area contributed by atoms with Gasteiger partial charge in [-0.05, 0) is 68.7 Å². The number of aliphatic hydroxyl groups excluding tert-OH is 1. The molecule has 2 aromatic carbocycles. The van der Waals surface area contributed by atoms with E-state index in [1.807, 2.05) is 13.0 Å². The zero-order valence-corrected chi connectivity index (χ0v) is 25.0. The molecule has 10 heteroatoms. The number of ether oxygens (including phenoxy) is 3. The molecule has 1 saturated heterocycles. The molecule has 0 unspecified atom stereocenters. The molecule has 1 amide bonds. The number of hydrogen-bond donors (Lipinski definition) is 1. The Morgan fingerprint density at radius 3 is 2.74 bits per heavy atom. The van der Waals surface area contributed by atoms with Gasteiger partial charge in [0.2, 0.25) is 0 Å². The minimum Gasteiger partial charge on any atom is -0.507 e. The predicted octanol–water partition coefficient (Wildman–Crippen LogP) is 6.15. The van der Waals surface area contributed by atoms with Gasteiger partial charge >= 0.3 is 11.9 Å². The van der Waals surface area contributed by atoms with Crippen LogP contribution in [0.3, 0.4) is 0 Å². The van der Waals surface area contributed by atoms with Gasteiger partial charge in [0.05, 0.1) is 30.5 Å². The summed E-state index contributed by atoms with van der Waals surface area (Å²) in [4.78, 5) is 45.8. The number of ketones is 1. The van der Waals surface area contributed by atoms with Gasteiger partial charge < -0.3 is 19.3 Å². The van der Waals surface area contributed by atoms with Crippen molar-refractivity contribution in [3.8, 4) is 11.5 Å². The quantitative estimate of drug-likeness (QED) is 0.0984. The topological polar surface area (TPSA) is 115 Å². The largest absolute Gasteiger partial charge is 0.507 e. The monoisotopic (exact) mass is 590 g/mol. The summed E-state index contributed by atoms with van der Waals surface area (Å²) in [6, 6.07) is 11.4. The number of carbonyl (C=O) groups excluding carboxylic acids is 3. The van der Waals surface area contributed by atoms with Crippen LogP contribution in [0, 0.1) is 6.92 Å². The van der Waals surface area contributed by atoms with Crippen molar-refractivity contribution in [2.75, 3.05) is 18.1 Å². The van der Waals surface area contributed by atoms with E-state index < -0.39 is 23.7 Å². The lowest BCUT2D eigenvalue weighted by molar-refractivity contribution is -0.132. The van der Waals surface area contributed by atoms with Crippen molar-refractivity contribution in [3.05, 3.63) is 75.3 Å². The first-order valence-corrected chi connectivity index (χ1v) is 15.0. The highest BCUT2D eigenvalue weighted by Gasteiger charge is 2.48. The smallest absolute Gasteiger partial charge is 0.350 e. The molecule has 0 saturated carbocycles. The Hall–Kier alpha value is -4.18. The number of aryl methyl sites for hydroxylation is 1. The van der Waals surface area contributed by atoms with Gasteiger partial charge in [0, 0.05) is 12.0 Å². The molecule has 1 N–H and O–H groups in total. The number of benzene rings is 2. The third-order valence-electron chi connectivity index (χ3n) is 7.26. The fourth-order valence-electron chi connectivity index (χ4n) is 5.26. The second-order valence-corrected chi connectivity index (χ2v) is 11.4. The lowest BCUT2D eigenvalue weighted by atomic mass is 9.94. The molecule has 0 bridgehead atoms. The van der Waals surface area contributed by atoms with Crippen LogP contribution in [0.5, 0.6) is 11.5 Å². The average Bonchev–Trinajstić information content (AvgIpc) is 3.62. The maximum atomic E-state index is 13.7. The van der Waals surface area contributed by atoms with Crippen LogP contribution in [0.2, 0.25) is 0 Å². The van der Waals surface area contributed by atoms with E-state index in [0.717, 1.165) is 41.9 Å². The van der Waals surface area contributed by atoms with Crippen LogP contribution in [0.25, 0.3) is 5.76 Å². The molecule has 42 heavy (non-hydrogen) atoms. The standard InChI is InChI=1S/C32H34N2O7S/c1-5-7-8-14-40-23-11-9-10-20(17-23)26-25(27(35)21-12-13-24-22(16-21)15-18(3)41-24)28(36)30(37)34(26)32-33-19(4)29(42-32)31(38)39-6-2/h9-13,16-18,26,35H,5-8,14-15H2,1-4H3/t18-,26+/m0/s1. The second kappa shape index (κ2) is 12.4. The van der Waals surface area contributed by atoms with E-state index in [1.54, 1.807) is 50.2 Å². The summed E-state index contributed by atoms with van der Waals surface area (Å²) in [6.45, 7) is 8.15. The molecule has 0 radical (unpaired) electrons. The van der Waals surface area contributed by atoms with E-state index in [0.29, 0.717) is 35.6 Å². The maximum absolute atomic E-state index is 13.7. The molecule has 2 aliphatic rings. The average molecular weight is 591 g/mol. The summed E-state index contributed by atoms with van der Waals surface area (Å²) in [5, 5.41) is 11.8. The third kappa shape index (κ3) is 5.63. The number of rotatable bonds is 10. The van der Waals surface area contributed by atoms with E-state index >= 15 is 0 Å². The number of fused-ring (bicyclic) bond motifs is 1. The Morgan fingerprint density at radius 1 is 1.17 bits per heavy atom. The summed E-state index contributed by atoms with van der Waals surface area (Å²) < 4.78 is 16.9. The van der Waals surface area contributed by atoms with Crippen molar-refractivity contribution in [2.45, 2.75) is 65.5 Å². The highest BCUT2D eigenvalue weighted by Crippen LogP contribution is 2.45. The number of Topliss-reactive ketones (excluding diaryl/α,β-unsaturated/α-hetero) is 1. The molecule has 9 nitrogen and oxygen atoms in total. The van der Waals surface area contributed by atoms with E-state index in [1.165, 1.54) is 4.90 Å². The Bertz CT molecular complexity index is 1560. The van der Waals surface area contributed by atoms with Gasteiger partial charge in [-0.1, -0.05) is 43.2 Å². The van der Waals surface area contributed by atoms with Gasteiger partial charge in [0.1, 0.15) is 28.2 Å². The highest BCUT2D eigenvalue weighted by atomic mass is 32.1. The number of aromatic nitrogens is 1. The minimum absolute atomic E-state index is 0.00442. The van der Waals surface area contributed by atoms with Gasteiger partial charge in [-0.2, -0.15) is 0 Å². The number of unbranched alkanes of at least 4 members (excludes halogenated alkanes) is 2. The SMILES string of the molecule is CCCCCOc1cccc([C@@H]2C(=C(O)c3ccc4c(c3)C[C@H](C)O4)C(=O)C(=O)N2c2nc(C)c(C(=O)OCC)s2)c1. The molecule has 2 aliphatic heterocycles. The van der Waals surface area contributed by atoms with Gasteiger partial charge in [-0.15, -0.1) is 0 Å². The van der Waals surface area contributed by atoms with Gasteiger partial charge in [0.25, 0.3) is 5.78 Å². The zero-order valence-electron chi connectivity index (χ0n) is 24.1. The Morgan fingerprint density at radius 2 is 1.98 bits per heavy atom. The van der Waals surface area contributed by atoms with Crippen LogP contribution in [0.1, 0.15) is 78.1 Å². The van der Waals surface area contributed by atoms with Crippen molar-refractivity contribution >= 4 is 39.9 Å². The van der Waals surface area contributed by atoms with E-state index in [-0.39, 0.29) is 34.1 Å². The van der Waals surface area contributed by atoms with Crippen LogP contribution < -0.4 is 14.4 Å². The minimum atomic E-state index is -1.01. The van der Waals surface area contributed by atoms with Crippen LogP contribution in [0.15, 0.2) is 48.0 Å². The number of esters is 1. The Kier molecular flexibility index (Phi) is 8.63. The van der Waals surface area contributed by atoms with Crippen LogP contribution in [0.4, 0.5) is 5.13 Å². The lowest BCUT2D eigenvalue weighted by Gasteiger charge is -2.23. The van der Waals surface area contributed by atoms with Crippen molar-refractivity contribution in [1.82, 2.24) is 4.98 Å². The summed E-state index contributed by atoms with van der Waals surface area (Å²) in [7, 11) is 0. The van der Waals surface area contributed by atoms with Gasteiger partial charge in [-0.3, -0.25) is 14.5 Å². The van der Waals surface area contributed by atoms with Crippen molar-refractivity contribution in [3.63, 3.8) is 0 Å². The lowest BCUT2D eigenvalue weighted by Crippen LogP contribution is -2.29. The van der Waals surface area contributed by atoms with E-state index in [9.17, 15) is 19.5 Å². The number of nitrogens with zero attached hydrogens (tertiary/aromatic N) is 2. The molecule has 1 aromatic heterocycles. The highest BCUT2D eigenvalue weighted by molar-refractivity contribution is 7.17. The first kappa shape index (κ1) is 29.3. The Balaban J connectivity index is 1.62. The fourth-order valence-corrected chi connectivity index (χ4v) is 6.25. The van der Waals surface area contributed by atoms with Gasteiger partial charge in [-0.25, -0.2) is 9.78 Å². The molecule has 3 heterocycles. The molecule has 0 aliphatic carbocycles. The van der Waals surface area contributed by atoms with E-state index in [4.69, 9.17) is 14.2 Å². The zero-order chi connectivity index (χ0) is 30.0. The number of amides is 1. The summed E-state index contributed by atoms with van der Waals surface area (Å²) in [6.07, 6.45) is 3.67. The molecule has 2 atom stereocenters. The predicted molar refractivity (Wildman–Crippen MR) is 159 cm³/mol. The first-order chi connectivity index (χ1) is 20.2. The molecular formula is C32H34N2O7S.